The van der Waals surface area contributed by atoms with Crippen molar-refractivity contribution in [2.75, 3.05) is 17.2 Å². The van der Waals surface area contributed by atoms with E-state index in [1.807, 2.05) is 12.1 Å². The quantitative estimate of drug-likeness (QED) is 0.728. The third-order valence-corrected chi connectivity index (χ3v) is 3.07. The van der Waals surface area contributed by atoms with E-state index in [-0.39, 0.29) is 11.8 Å². The Morgan fingerprint density at radius 2 is 2.22 bits per heavy atom. The summed E-state index contributed by atoms with van der Waals surface area (Å²) in [6.45, 7) is 3.17. The molecular formula is C14H21N3O. The maximum Gasteiger partial charge on any atom is 0.228 e. The summed E-state index contributed by atoms with van der Waals surface area (Å²) in [5.41, 5.74) is 1.01. The first-order chi connectivity index (χ1) is 8.79. The molecule has 4 heteroatoms. The molecule has 1 aromatic rings. The lowest BCUT2D eigenvalue weighted by Crippen LogP contribution is -2.14. The van der Waals surface area contributed by atoms with Crippen LogP contribution in [0, 0.1) is 5.92 Å². The Balaban J connectivity index is 1.75. The zero-order chi connectivity index (χ0) is 12.8. The van der Waals surface area contributed by atoms with Gasteiger partial charge in [-0.15, -0.1) is 0 Å². The van der Waals surface area contributed by atoms with Crippen LogP contribution in [0.3, 0.4) is 0 Å². The summed E-state index contributed by atoms with van der Waals surface area (Å²) in [7, 11) is 0. The van der Waals surface area contributed by atoms with E-state index in [0.717, 1.165) is 25.1 Å². The van der Waals surface area contributed by atoms with Gasteiger partial charge in [0.25, 0.3) is 0 Å². The van der Waals surface area contributed by atoms with Gasteiger partial charge in [0.15, 0.2) is 0 Å². The Morgan fingerprint density at radius 1 is 1.39 bits per heavy atom. The SMILES string of the molecule is CCCCCNc1ccc(NC(=O)C2CC2)nc1. The van der Waals surface area contributed by atoms with Gasteiger partial charge in [0.1, 0.15) is 5.82 Å². The molecule has 1 aliphatic carbocycles. The summed E-state index contributed by atoms with van der Waals surface area (Å²) in [6.07, 6.45) is 7.46. The molecule has 1 fully saturated rings. The number of unbranched alkanes of at least 4 members (excludes halogenated alkanes) is 2. The van der Waals surface area contributed by atoms with Gasteiger partial charge in [-0.3, -0.25) is 4.79 Å². The van der Waals surface area contributed by atoms with Crippen LogP contribution >= 0.6 is 0 Å². The number of carbonyl (C=O) groups is 1. The van der Waals surface area contributed by atoms with E-state index in [0.29, 0.717) is 5.82 Å². The molecule has 0 bridgehead atoms. The molecule has 98 valence electrons. The van der Waals surface area contributed by atoms with Crippen molar-refractivity contribution in [3.05, 3.63) is 18.3 Å². The number of nitrogens with one attached hydrogen (secondary N) is 2. The predicted octanol–water partition coefficient (Wildman–Crippen LogP) is 3.03. The van der Waals surface area contributed by atoms with Crippen LogP contribution in [0.15, 0.2) is 18.3 Å². The molecule has 2 rings (SSSR count). The molecule has 18 heavy (non-hydrogen) atoms. The number of pyridine rings is 1. The fraction of sp³-hybridized carbons (Fsp3) is 0.571. The second-order valence-electron chi connectivity index (χ2n) is 4.83. The average Bonchev–Trinajstić information content (AvgIpc) is 3.21. The van der Waals surface area contributed by atoms with E-state index < -0.39 is 0 Å². The molecule has 0 spiro atoms. The highest BCUT2D eigenvalue weighted by Gasteiger charge is 2.29. The van der Waals surface area contributed by atoms with Gasteiger partial charge in [-0.25, -0.2) is 4.98 Å². The lowest BCUT2D eigenvalue weighted by molar-refractivity contribution is -0.117. The molecule has 0 atom stereocenters. The van der Waals surface area contributed by atoms with Gasteiger partial charge in [-0.2, -0.15) is 0 Å². The van der Waals surface area contributed by atoms with E-state index in [9.17, 15) is 4.79 Å². The van der Waals surface area contributed by atoms with Gasteiger partial charge in [-0.1, -0.05) is 19.8 Å². The monoisotopic (exact) mass is 247 g/mol. The second-order valence-corrected chi connectivity index (χ2v) is 4.83. The lowest BCUT2D eigenvalue weighted by atomic mass is 10.2. The molecule has 1 heterocycles. The van der Waals surface area contributed by atoms with Crippen LogP contribution in [-0.4, -0.2) is 17.4 Å². The number of hydrogen-bond donors (Lipinski definition) is 2. The van der Waals surface area contributed by atoms with Crippen molar-refractivity contribution in [3.8, 4) is 0 Å². The van der Waals surface area contributed by atoms with Crippen LogP contribution in [0.25, 0.3) is 0 Å². The Hall–Kier alpha value is -1.58. The van der Waals surface area contributed by atoms with Gasteiger partial charge >= 0.3 is 0 Å². The number of anilines is 2. The van der Waals surface area contributed by atoms with Gasteiger partial charge in [0, 0.05) is 12.5 Å². The fourth-order valence-electron chi connectivity index (χ4n) is 1.75. The van der Waals surface area contributed by atoms with Crippen LogP contribution in [0.5, 0.6) is 0 Å². The van der Waals surface area contributed by atoms with Crippen molar-refractivity contribution >= 4 is 17.4 Å². The number of amides is 1. The Bertz CT molecular complexity index is 385. The molecule has 1 aromatic heterocycles. The van der Waals surface area contributed by atoms with E-state index in [4.69, 9.17) is 0 Å². The Labute approximate surface area is 108 Å². The number of nitrogens with zero attached hydrogens (tertiary/aromatic N) is 1. The minimum atomic E-state index is 0.103. The Kier molecular flexibility index (Phi) is 4.56. The van der Waals surface area contributed by atoms with E-state index in [1.165, 1.54) is 19.3 Å². The third kappa shape index (κ3) is 4.02. The maximum atomic E-state index is 11.5. The first-order valence-electron chi connectivity index (χ1n) is 6.80. The lowest BCUT2D eigenvalue weighted by Gasteiger charge is -2.07. The van der Waals surface area contributed by atoms with Gasteiger partial charge < -0.3 is 10.6 Å². The van der Waals surface area contributed by atoms with Crippen molar-refractivity contribution in [2.24, 2.45) is 5.92 Å². The first-order valence-corrected chi connectivity index (χ1v) is 6.80. The molecule has 4 nitrogen and oxygen atoms in total. The highest BCUT2D eigenvalue weighted by Crippen LogP contribution is 2.29. The summed E-state index contributed by atoms with van der Waals surface area (Å²) in [5.74, 6) is 0.968. The van der Waals surface area contributed by atoms with Crippen LogP contribution < -0.4 is 10.6 Å². The third-order valence-electron chi connectivity index (χ3n) is 3.07. The topological polar surface area (TPSA) is 54.0 Å². The van der Waals surface area contributed by atoms with E-state index in [1.54, 1.807) is 6.20 Å². The standard InChI is InChI=1S/C14H21N3O/c1-2-3-4-9-15-12-7-8-13(16-10-12)17-14(18)11-5-6-11/h7-8,10-11,15H,2-6,9H2,1H3,(H,16,17,18). The molecule has 1 amide bonds. The van der Waals surface area contributed by atoms with Gasteiger partial charge in [0.2, 0.25) is 5.91 Å². The van der Waals surface area contributed by atoms with Crippen LogP contribution in [-0.2, 0) is 4.79 Å². The average molecular weight is 247 g/mol. The van der Waals surface area contributed by atoms with Crippen LogP contribution in [0.2, 0.25) is 0 Å². The fourth-order valence-corrected chi connectivity index (χ4v) is 1.75. The van der Waals surface area contributed by atoms with Crippen molar-refractivity contribution in [1.29, 1.82) is 0 Å². The normalized spacial score (nSPS) is 14.3. The van der Waals surface area contributed by atoms with Crippen molar-refractivity contribution < 1.29 is 4.79 Å². The second kappa shape index (κ2) is 6.38. The Morgan fingerprint density at radius 3 is 2.83 bits per heavy atom. The largest absolute Gasteiger partial charge is 0.384 e. The smallest absolute Gasteiger partial charge is 0.228 e. The summed E-state index contributed by atoms with van der Waals surface area (Å²) in [6, 6.07) is 3.81. The number of rotatable bonds is 7. The minimum absolute atomic E-state index is 0.103. The van der Waals surface area contributed by atoms with E-state index >= 15 is 0 Å². The summed E-state index contributed by atoms with van der Waals surface area (Å²) >= 11 is 0. The predicted molar refractivity (Wildman–Crippen MR) is 73.6 cm³/mol. The summed E-state index contributed by atoms with van der Waals surface area (Å²) in [4.78, 5) is 15.8. The van der Waals surface area contributed by atoms with E-state index in [2.05, 4.69) is 22.5 Å². The van der Waals surface area contributed by atoms with Crippen LogP contribution in [0.1, 0.15) is 39.0 Å². The molecule has 2 N–H and O–H groups in total. The van der Waals surface area contributed by atoms with Crippen LogP contribution in [0.4, 0.5) is 11.5 Å². The molecule has 0 aromatic carbocycles. The molecule has 0 aliphatic heterocycles. The maximum absolute atomic E-state index is 11.5. The summed E-state index contributed by atoms with van der Waals surface area (Å²) in [5, 5.41) is 6.15. The van der Waals surface area contributed by atoms with Crippen molar-refractivity contribution in [2.45, 2.75) is 39.0 Å². The van der Waals surface area contributed by atoms with Crippen molar-refractivity contribution in [3.63, 3.8) is 0 Å². The highest BCUT2D eigenvalue weighted by atomic mass is 16.2. The highest BCUT2D eigenvalue weighted by molar-refractivity contribution is 5.93. The molecular weight excluding hydrogens is 226 g/mol. The number of aromatic nitrogens is 1. The molecule has 1 aliphatic rings. The van der Waals surface area contributed by atoms with Gasteiger partial charge in [0.05, 0.1) is 11.9 Å². The number of carbonyl (C=O) groups excluding carboxylic acids is 1. The molecule has 0 radical (unpaired) electrons. The molecule has 0 unspecified atom stereocenters. The minimum Gasteiger partial charge on any atom is -0.384 e. The number of hydrogen-bond acceptors (Lipinski definition) is 3. The first kappa shape index (κ1) is 12.9. The van der Waals surface area contributed by atoms with Crippen molar-refractivity contribution in [1.82, 2.24) is 4.98 Å². The molecule has 0 saturated heterocycles. The zero-order valence-corrected chi connectivity index (χ0v) is 10.9. The zero-order valence-electron chi connectivity index (χ0n) is 10.9. The summed E-state index contributed by atoms with van der Waals surface area (Å²) < 4.78 is 0. The molecule has 1 saturated carbocycles. The van der Waals surface area contributed by atoms with Gasteiger partial charge in [-0.05, 0) is 31.4 Å².